The molecule has 0 bridgehead atoms. The predicted octanol–water partition coefficient (Wildman–Crippen LogP) is 1.10. The van der Waals surface area contributed by atoms with Crippen LogP contribution in [0.2, 0.25) is 0 Å². The molecule has 15 heavy (non-hydrogen) atoms. The Morgan fingerprint density at radius 2 is 2.27 bits per heavy atom. The van der Waals surface area contributed by atoms with E-state index in [-0.39, 0.29) is 0 Å². The largest absolute Gasteiger partial charge is 0.377 e. The van der Waals surface area contributed by atoms with Gasteiger partial charge >= 0.3 is 0 Å². The Labute approximate surface area is 93.2 Å². The molecule has 0 radical (unpaired) electrons. The van der Waals surface area contributed by atoms with E-state index in [0.29, 0.717) is 12.1 Å². The first kappa shape index (κ1) is 11.4. The second kappa shape index (κ2) is 5.28. The van der Waals surface area contributed by atoms with E-state index >= 15 is 0 Å². The monoisotopic (exact) mass is 212 g/mol. The summed E-state index contributed by atoms with van der Waals surface area (Å²) < 4.78 is 5.62. The van der Waals surface area contributed by atoms with E-state index in [1.54, 1.807) is 0 Å². The van der Waals surface area contributed by atoms with Crippen LogP contribution in [0.15, 0.2) is 0 Å². The predicted molar refractivity (Wildman–Crippen MR) is 62.0 cm³/mol. The molecule has 0 aromatic carbocycles. The van der Waals surface area contributed by atoms with Crippen LogP contribution in [-0.4, -0.2) is 50.3 Å². The van der Waals surface area contributed by atoms with Crippen molar-refractivity contribution in [3.63, 3.8) is 0 Å². The first-order chi connectivity index (χ1) is 7.27. The number of likely N-dealkylation sites (N-methyl/N-ethyl adjacent to an activating group) is 1. The minimum absolute atomic E-state index is 0.423. The van der Waals surface area contributed by atoms with Crippen molar-refractivity contribution < 1.29 is 4.74 Å². The first-order valence-corrected chi connectivity index (χ1v) is 6.30. The highest BCUT2D eigenvalue weighted by Gasteiger charge is 2.29. The Hall–Kier alpha value is -0.120. The minimum atomic E-state index is 0.423. The zero-order valence-electron chi connectivity index (χ0n) is 10.0. The van der Waals surface area contributed by atoms with Crippen molar-refractivity contribution in [3.8, 4) is 0 Å². The lowest BCUT2D eigenvalue weighted by molar-refractivity contribution is 0.0763. The van der Waals surface area contributed by atoms with Gasteiger partial charge in [0.05, 0.1) is 6.10 Å². The quantitative estimate of drug-likeness (QED) is 0.758. The normalized spacial score (nSPS) is 37.4. The second-order valence-electron chi connectivity index (χ2n) is 5.08. The van der Waals surface area contributed by atoms with Crippen LogP contribution in [-0.2, 0) is 4.74 Å². The Morgan fingerprint density at radius 3 is 2.87 bits per heavy atom. The summed E-state index contributed by atoms with van der Waals surface area (Å²) in [6.45, 7) is 6.78. The van der Waals surface area contributed by atoms with Gasteiger partial charge in [-0.2, -0.15) is 0 Å². The lowest BCUT2D eigenvalue weighted by Crippen LogP contribution is -2.43. The van der Waals surface area contributed by atoms with Crippen LogP contribution < -0.4 is 5.32 Å². The van der Waals surface area contributed by atoms with E-state index in [1.807, 2.05) is 0 Å². The van der Waals surface area contributed by atoms with E-state index < -0.39 is 0 Å². The Morgan fingerprint density at radius 1 is 1.40 bits per heavy atom. The van der Waals surface area contributed by atoms with Crippen LogP contribution in [0.25, 0.3) is 0 Å². The summed E-state index contributed by atoms with van der Waals surface area (Å²) in [6, 6.07) is 0.645. The summed E-state index contributed by atoms with van der Waals surface area (Å²) in [6.07, 6.45) is 4.36. The average molecular weight is 212 g/mol. The van der Waals surface area contributed by atoms with Gasteiger partial charge < -0.3 is 15.0 Å². The van der Waals surface area contributed by atoms with E-state index in [9.17, 15) is 0 Å². The third-order valence-electron chi connectivity index (χ3n) is 3.85. The van der Waals surface area contributed by atoms with Gasteiger partial charge in [0.15, 0.2) is 0 Å². The van der Waals surface area contributed by atoms with Crippen LogP contribution in [0.5, 0.6) is 0 Å². The Kier molecular flexibility index (Phi) is 4.00. The summed E-state index contributed by atoms with van der Waals surface area (Å²) in [5.74, 6) is 0.844. The average Bonchev–Trinajstić information content (AvgIpc) is 2.66. The van der Waals surface area contributed by atoms with E-state index in [0.717, 1.165) is 12.5 Å². The van der Waals surface area contributed by atoms with Crippen molar-refractivity contribution in [1.29, 1.82) is 0 Å². The van der Waals surface area contributed by atoms with Crippen molar-refractivity contribution in [2.24, 2.45) is 5.92 Å². The first-order valence-electron chi connectivity index (χ1n) is 6.30. The summed E-state index contributed by atoms with van der Waals surface area (Å²) >= 11 is 0. The SMILES string of the molecule is CC1OCCC1N(C)CC1CCCNC1. The van der Waals surface area contributed by atoms with Gasteiger partial charge in [0.25, 0.3) is 0 Å². The standard InChI is InChI=1S/C12H24N2O/c1-10-12(5-7-15-10)14(2)9-11-4-3-6-13-8-11/h10-13H,3-9H2,1-2H3. The summed E-state index contributed by atoms with van der Waals surface area (Å²) in [7, 11) is 2.25. The highest BCUT2D eigenvalue weighted by Crippen LogP contribution is 2.20. The number of piperidine rings is 1. The van der Waals surface area contributed by atoms with Gasteiger partial charge in [-0.05, 0) is 52.2 Å². The molecule has 0 aromatic heterocycles. The summed E-state index contributed by atoms with van der Waals surface area (Å²) in [5.41, 5.74) is 0. The number of rotatable bonds is 3. The van der Waals surface area contributed by atoms with E-state index in [2.05, 4.69) is 24.2 Å². The van der Waals surface area contributed by atoms with Crippen molar-refractivity contribution in [2.45, 2.75) is 38.3 Å². The Bertz CT molecular complexity index is 192. The molecular weight excluding hydrogens is 188 g/mol. The molecule has 2 aliphatic heterocycles. The smallest absolute Gasteiger partial charge is 0.0702 e. The van der Waals surface area contributed by atoms with Gasteiger partial charge in [0.2, 0.25) is 0 Å². The number of ether oxygens (including phenoxy) is 1. The van der Waals surface area contributed by atoms with Gasteiger partial charge in [-0.25, -0.2) is 0 Å². The van der Waals surface area contributed by atoms with Gasteiger partial charge in [0, 0.05) is 19.2 Å². The molecular formula is C12H24N2O. The fraction of sp³-hybridized carbons (Fsp3) is 1.00. The second-order valence-corrected chi connectivity index (χ2v) is 5.08. The maximum absolute atomic E-state index is 5.62. The van der Waals surface area contributed by atoms with Crippen LogP contribution in [0.4, 0.5) is 0 Å². The molecule has 0 aromatic rings. The number of nitrogens with one attached hydrogen (secondary N) is 1. The van der Waals surface area contributed by atoms with Crippen LogP contribution >= 0.6 is 0 Å². The molecule has 2 aliphatic rings. The molecule has 1 N–H and O–H groups in total. The van der Waals surface area contributed by atoms with Gasteiger partial charge in [-0.15, -0.1) is 0 Å². The van der Waals surface area contributed by atoms with Crippen molar-refractivity contribution >= 4 is 0 Å². The molecule has 3 unspecified atom stereocenters. The zero-order chi connectivity index (χ0) is 10.7. The highest BCUT2D eigenvalue weighted by atomic mass is 16.5. The maximum atomic E-state index is 5.62. The molecule has 2 saturated heterocycles. The molecule has 3 nitrogen and oxygen atoms in total. The molecule has 2 heterocycles. The molecule has 2 rings (SSSR count). The van der Waals surface area contributed by atoms with E-state index in [1.165, 1.54) is 38.9 Å². The number of hydrogen-bond donors (Lipinski definition) is 1. The molecule has 0 saturated carbocycles. The fourth-order valence-corrected chi connectivity index (χ4v) is 2.92. The molecule has 3 atom stereocenters. The highest BCUT2D eigenvalue weighted by molar-refractivity contribution is 4.82. The number of hydrogen-bond acceptors (Lipinski definition) is 3. The Balaban J connectivity index is 1.77. The number of nitrogens with zero attached hydrogens (tertiary/aromatic N) is 1. The molecule has 0 aliphatic carbocycles. The summed E-state index contributed by atoms with van der Waals surface area (Å²) in [5, 5.41) is 3.48. The lowest BCUT2D eigenvalue weighted by Gasteiger charge is -2.32. The molecule has 3 heteroatoms. The fourth-order valence-electron chi connectivity index (χ4n) is 2.92. The van der Waals surface area contributed by atoms with Crippen molar-refractivity contribution in [1.82, 2.24) is 10.2 Å². The molecule has 0 amide bonds. The molecule has 2 fully saturated rings. The lowest BCUT2D eigenvalue weighted by atomic mass is 9.98. The zero-order valence-corrected chi connectivity index (χ0v) is 10.0. The third kappa shape index (κ3) is 2.92. The summed E-state index contributed by atoms with van der Waals surface area (Å²) in [4.78, 5) is 2.51. The third-order valence-corrected chi connectivity index (χ3v) is 3.85. The van der Waals surface area contributed by atoms with Crippen molar-refractivity contribution in [3.05, 3.63) is 0 Å². The molecule has 0 spiro atoms. The van der Waals surface area contributed by atoms with Crippen LogP contribution in [0.3, 0.4) is 0 Å². The van der Waals surface area contributed by atoms with Crippen molar-refractivity contribution in [2.75, 3.05) is 33.3 Å². The molecule has 88 valence electrons. The van der Waals surface area contributed by atoms with E-state index in [4.69, 9.17) is 4.74 Å². The van der Waals surface area contributed by atoms with Gasteiger partial charge in [0.1, 0.15) is 0 Å². The van der Waals surface area contributed by atoms with Crippen LogP contribution in [0, 0.1) is 5.92 Å². The van der Waals surface area contributed by atoms with Crippen LogP contribution in [0.1, 0.15) is 26.2 Å². The van der Waals surface area contributed by atoms with Gasteiger partial charge in [-0.1, -0.05) is 0 Å². The maximum Gasteiger partial charge on any atom is 0.0702 e. The minimum Gasteiger partial charge on any atom is -0.377 e. The van der Waals surface area contributed by atoms with Gasteiger partial charge in [-0.3, -0.25) is 0 Å². The topological polar surface area (TPSA) is 24.5 Å².